The van der Waals surface area contributed by atoms with Gasteiger partial charge in [-0.25, -0.2) is 18.3 Å². The number of hydrogen-bond acceptors (Lipinski definition) is 5. The summed E-state index contributed by atoms with van der Waals surface area (Å²) in [6, 6.07) is 5.36. The topological polar surface area (TPSA) is 96.8 Å². The van der Waals surface area contributed by atoms with Crippen molar-refractivity contribution in [3.8, 4) is 0 Å². The Kier molecular flexibility index (Phi) is 7.76. The van der Waals surface area contributed by atoms with E-state index in [2.05, 4.69) is 16.1 Å². The number of carbonyl (C=O) groups excluding carboxylic acids is 2. The van der Waals surface area contributed by atoms with Crippen molar-refractivity contribution in [3.05, 3.63) is 30.2 Å². The van der Waals surface area contributed by atoms with Gasteiger partial charge in [0.15, 0.2) is 5.65 Å². The van der Waals surface area contributed by atoms with Gasteiger partial charge in [0.25, 0.3) is 5.92 Å². The molecule has 1 atom stereocenters. The highest BCUT2D eigenvalue weighted by molar-refractivity contribution is 5.82. The summed E-state index contributed by atoms with van der Waals surface area (Å²) in [6.07, 6.45) is 6.60. The summed E-state index contributed by atoms with van der Waals surface area (Å²) in [5.41, 5.74) is 8.09. The van der Waals surface area contributed by atoms with E-state index in [0.717, 1.165) is 37.7 Å². The Hall–Kier alpha value is -2.62. The highest BCUT2D eigenvalue weighted by Gasteiger charge is 2.41. The summed E-state index contributed by atoms with van der Waals surface area (Å²) < 4.78 is 28.5. The Bertz CT molecular complexity index is 911. The molecule has 1 saturated carbocycles. The molecule has 2 fully saturated rings. The fourth-order valence-corrected chi connectivity index (χ4v) is 4.49. The van der Waals surface area contributed by atoms with Crippen LogP contribution in [0.4, 0.5) is 8.78 Å². The third kappa shape index (κ3) is 5.99. The van der Waals surface area contributed by atoms with Crippen LogP contribution in [-0.2, 0) is 9.59 Å². The maximum absolute atomic E-state index is 13.3. The van der Waals surface area contributed by atoms with Gasteiger partial charge in [0.05, 0.1) is 12.6 Å². The van der Waals surface area contributed by atoms with Crippen molar-refractivity contribution in [2.75, 3.05) is 27.2 Å². The molecule has 176 valence electrons. The lowest BCUT2D eigenvalue weighted by molar-refractivity contribution is -0.133. The van der Waals surface area contributed by atoms with E-state index in [4.69, 9.17) is 5.73 Å². The number of nitrogens with zero attached hydrogens (tertiary/aromatic N) is 5. The first kappa shape index (κ1) is 24.0. The van der Waals surface area contributed by atoms with Crippen LogP contribution in [-0.4, -0.2) is 75.9 Å². The second-order valence-corrected chi connectivity index (χ2v) is 8.98. The normalized spacial score (nSPS) is 23.3. The third-order valence-electron chi connectivity index (χ3n) is 6.19. The van der Waals surface area contributed by atoms with Crippen LogP contribution in [0, 0.1) is 5.92 Å². The molecular weight excluding hydrogens is 418 g/mol. The molecule has 32 heavy (non-hydrogen) atoms. The zero-order valence-corrected chi connectivity index (χ0v) is 18.7. The van der Waals surface area contributed by atoms with Gasteiger partial charge in [0.1, 0.15) is 6.33 Å². The second kappa shape index (κ2) is 10.3. The Morgan fingerprint density at radius 1 is 1.31 bits per heavy atom. The first-order valence-electron chi connectivity index (χ1n) is 11.0. The monoisotopic (exact) mass is 450 g/mol. The van der Waals surface area contributed by atoms with Gasteiger partial charge in [0, 0.05) is 38.7 Å². The van der Waals surface area contributed by atoms with Crippen LogP contribution < -0.4 is 5.73 Å². The van der Waals surface area contributed by atoms with Crippen LogP contribution in [0.1, 0.15) is 50.1 Å². The van der Waals surface area contributed by atoms with Crippen LogP contribution in [0.25, 0.3) is 5.65 Å². The van der Waals surface area contributed by atoms with Crippen molar-refractivity contribution in [1.29, 1.82) is 0 Å². The predicted octanol–water partition coefficient (Wildman–Crippen LogP) is 2.29. The van der Waals surface area contributed by atoms with Gasteiger partial charge in [0.2, 0.25) is 12.3 Å². The van der Waals surface area contributed by atoms with Crippen LogP contribution >= 0.6 is 0 Å². The number of pyridine rings is 1. The fourth-order valence-electron chi connectivity index (χ4n) is 4.49. The molecule has 0 aromatic carbocycles. The van der Waals surface area contributed by atoms with E-state index >= 15 is 0 Å². The van der Waals surface area contributed by atoms with Crippen LogP contribution in [0.15, 0.2) is 24.5 Å². The number of halogens is 2. The van der Waals surface area contributed by atoms with Crippen molar-refractivity contribution in [1.82, 2.24) is 24.4 Å². The van der Waals surface area contributed by atoms with Crippen molar-refractivity contribution in [2.24, 2.45) is 11.7 Å². The minimum atomic E-state index is -2.77. The number of nitrogens with two attached hydrogens (primary N) is 1. The Labute approximate surface area is 186 Å². The maximum Gasteiger partial charge on any atom is 0.267 e. The quantitative estimate of drug-likeness (QED) is 0.705. The van der Waals surface area contributed by atoms with Gasteiger partial charge < -0.3 is 15.5 Å². The lowest BCUT2D eigenvalue weighted by Crippen LogP contribution is -2.44. The average molecular weight is 451 g/mol. The zero-order valence-electron chi connectivity index (χ0n) is 18.7. The summed E-state index contributed by atoms with van der Waals surface area (Å²) in [6.45, 7) is -0.387. The van der Waals surface area contributed by atoms with E-state index < -0.39 is 18.5 Å². The first-order chi connectivity index (χ1) is 15.2. The average Bonchev–Trinajstić information content (AvgIpc) is 3.40. The van der Waals surface area contributed by atoms with Crippen LogP contribution in [0.5, 0.6) is 0 Å². The Morgan fingerprint density at radius 2 is 2.00 bits per heavy atom. The van der Waals surface area contributed by atoms with Crippen LogP contribution in [0.2, 0.25) is 0 Å². The van der Waals surface area contributed by atoms with Gasteiger partial charge in [-0.2, -0.15) is 5.10 Å². The molecule has 8 nitrogen and oxygen atoms in total. The number of hydrogen-bond donors (Lipinski definition) is 1. The minimum Gasteiger partial charge on any atom is -0.351 e. The molecule has 0 radical (unpaired) electrons. The molecule has 10 heteroatoms. The number of fused-ring (bicyclic) bond motifs is 1. The number of amides is 2. The van der Waals surface area contributed by atoms with Gasteiger partial charge in [-0.15, -0.1) is 0 Å². The van der Waals surface area contributed by atoms with E-state index in [-0.39, 0.29) is 18.9 Å². The van der Waals surface area contributed by atoms with E-state index in [1.54, 1.807) is 20.4 Å². The molecular formula is C22H32F2N6O2. The first-order valence-corrected chi connectivity index (χ1v) is 11.0. The van der Waals surface area contributed by atoms with Gasteiger partial charge in [-0.1, -0.05) is 6.07 Å². The highest BCUT2D eigenvalue weighted by Crippen LogP contribution is 2.37. The smallest absolute Gasteiger partial charge is 0.267 e. The lowest BCUT2D eigenvalue weighted by atomic mass is 9.78. The van der Waals surface area contributed by atoms with Crippen molar-refractivity contribution >= 4 is 18.0 Å². The Morgan fingerprint density at radius 3 is 2.59 bits per heavy atom. The standard InChI is InChI=1S/C19H25F2N5O.C3H7NO/c20-19(21)8-9-25(11-19)18(27)15(22)10-13-4-6-14(7-5-13)16-2-1-3-17-23-12-24-26(16)17;1-4(2)3-5/h1-3,12-15H,4-11,22H2;3H,1-2H3/t13?,14?,15-;/m0./s1. The highest BCUT2D eigenvalue weighted by atomic mass is 19.3. The largest absolute Gasteiger partial charge is 0.351 e. The summed E-state index contributed by atoms with van der Waals surface area (Å²) in [5, 5.41) is 4.31. The maximum atomic E-state index is 13.3. The van der Waals surface area contributed by atoms with Crippen molar-refractivity contribution in [3.63, 3.8) is 0 Å². The molecule has 0 spiro atoms. The molecule has 2 aromatic rings. The summed E-state index contributed by atoms with van der Waals surface area (Å²) in [7, 11) is 3.38. The van der Waals surface area contributed by atoms with E-state index in [1.807, 2.05) is 16.6 Å². The molecule has 0 bridgehead atoms. The zero-order chi connectivity index (χ0) is 23.3. The second-order valence-electron chi connectivity index (χ2n) is 8.98. The molecule has 2 aliphatic rings. The molecule has 4 rings (SSSR count). The molecule has 1 aliphatic carbocycles. The van der Waals surface area contributed by atoms with Gasteiger partial charge >= 0.3 is 0 Å². The third-order valence-corrected chi connectivity index (χ3v) is 6.19. The molecule has 1 saturated heterocycles. The van der Waals surface area contributed by atoms with Gasteiger partial charge in [-0.05, 0) is 50.2 Å². The molecule has 1 aliphatic heterocycles. The van der Waals surface area contributed by atoms with Crippen molar-refractivity contribution < 1.29 is 18.4 Å². The van der Waals surface area contributed by atoms with E-state index in [1.165, 1.54) is 15.5 Å². The summed E-state index contributed by atoms with van der Waals surface area (Å²) >= 11 is 0. The summed E-state index contributed by atoms with van der Waals surface area (Å²) in [4.78, 5) is 28.7. The number of likely N-dealkylation sites (tertiary alicyclic amines) is 1. The van der Waals surface area contributed by atoms with Crippen LogP contribution in [0.3, 0.4) is 0 Å². The minimum absolute atomic E-state index is 0.105. The summed E-state index contributed by atoms with van der Waals surface area (Å²) in [5.74, 6) is -2.33. The number of carbonyl (C=O) groups is 2. The lowest BCUT2D eigenvalue weighted by Gasteiger charge is -2.31. The molecule has 0 unspecified atom stereocenters. The fraction of sp³-hybridized carbons (Fsp3) is 0.636. The van der Waals surface area contributed by atoms with E-state index in [0.29, 0.717) is 18.3 Å². The molecule has 2 N–H and O–H groups in total. The van der Waals surface area contributed by atoms with Gasteiger partial charge in [-0.3, -0.25) is 9.59 Å². The Balaban J connectivity index is 0.000000523. The molecule has 3 heterocycles. The van der Waals surface area contributed by atoms with E-state index in [9.17, 15) is 18.4 Å². The SMILES string of the molecule is CN(C)C=O.N[C@@H](CC1CCC(c2cccc3ncnn23)CC1)C(=O)N1CCC(F)(F)C1. The predicted molar refractivity (Wildman–Crippen MR) is 116 cm³/mol. The molecule has 2 amide bonds. The molecule has 2 aromatic heterocycles. The number of aromatic nitrogens is 3. The number of rotatable bonds is 5. The number of alkyl halides is 2. The van der Waals surface area contributed by atoms with Crippen molar-refractivity contribution in [2.45, 2.75) is 56.4 Å².